The van der Waals surface area contributed by atoms with Gasteiger partial charge in [-0.25, -0.2) is 8.78 Å². The zero-order valence-electron chi connectivity index (χ0n) is 14.1. The molecule has 1 heterocycles. The van der Waals surface area contributed by atoms with Gasteiger partial charge in [0, 0.05) is 18.4 Å². The average molecular weight is 344 g/mol. The molecule has 1 amide bonds. The van der Waals surface area contributed by atoms with Crippen molar-refractivity contribution in [2.75, 3.05) is 19.6 Å². The van der Waals surface area contributed by atoms with Gasteiger partial charge in [0.25, 0.3) is 0 Å². The van der Waals surface area contributed by atoms with Gasteiger partial charge in [-0.1, -0.05) is 24.3 Å². The molecule has 3 rings (SSSR count). The smallest absolute Gasteiger partial charge is 0.218 e. The highest BCUT2D eigenvalue weighted by Gasteiger charge is 2.37. The van der Waals surface area contributed by atoms with Gasteiger partial charge in [0.15, 0.2) is 0 Å². The summed E-state index contributed by atoms with van der Waals surface area (Å²) in [5.41, 5.74) is 7.04. The zero-order valence-corrected chi connectivity index (χ0v) is 14.1. The Labute approximate surface area is 146 Å². The second-order valence-electron chi connectivity index (χ2n) is 6.65. The van der Waals surface area contributed by atoms with E-state index in [4.69, 9.17) is 5.73 Å². The molecule has 1 aliphatic rings. The molecule has 2 aromatic carbocycles. The molecular weight excluding hydrogens is 322 g/mol. The molecule has 0 bridgehead atoms. The molecule has 0 unspecified atom stereocenters. The van der Waals surface area contributed by atoms with Crippen LogP contribution in [0.3, 0.4) is 0 Å². The Morgan fingerprint density at radius 3 is 1.76 bits per heavy atom. The Bertz CT molecular complexity index is 673. The van der Waals surface area contributed by atoms with Gasteiger partial charge < -0.3 is 10.6 Å². The lowest BCUT2D eigenvalue weighted by molar-refractivity contribution is -0.118. The van der Waals surface area contributed by atoms with E-state index in [9.17, 15) is 13.6 Å². The molecule has 2 aromatic rings. The first-order valence-corrected chi connectivity index (χ1v) is 8.52. The van der Waals surface area contributed by atoms with Crippen molar-refractivity contribution in [2.45, 2.75) is 24.7 Å². The number of primary amides is 1. The third-order valence-electron chi connectivity index (χ3n) is 5.18. The molecule has 25 heavy (non-hydrogen) atoms. The van der Waals surface area contributed by atoms with E-state index in [2.05, 4.69) is 4.90 Å². The van der Waals surface area contributed by atoms with Gasteiger partial charge in [-0.05, 0) is 61.3 Å². The van der Waals surface area contributed by atoms with Crippen LogP contribution in [0.2, 0.25) is 0 Å². The van der Waals surface area contributed by atoms with Crippen LogP contribution in [0.15, 0.2) is 48.5 Å². The van der Waals surface area contributed by atoms with Gasteiger partial charge in [-0.3, -0.25) is 4.79 Å². The van der Waals surface area contributed by atoms with Crippen molar-refractivity contribution in [1.82, 2.24) is 4.90 Å². The van der Waals surface area contributed by atoms with Crippen LogP contribution in [-0.2, 0) is 10.2 Å². The van der Waals surface area contributed by atoms with E-state index < -0.39 is 0 Å². The molecule has 2 N–H and O–H groups in total. The molecule has 0 aliphatic carbocycles. The number of carbonyl (C=O) groups excluding carboxylic acids is 1. The summed E-state index contributed by atoms with van der Waals surface area (Å²) < 4.78 is 26.7. The minimum atomic E-state index is -0.297. The number of hydrogen-bond donors (Lipinski definition) is 1. The predicted octanol–water partition coefficient (Wildman–Crippen LogP) is 3.22. The fourth-order valence-electron chi connectivity index (χ4n) is 3.71. The quantitative estimate of drug-likeness (QED) is 0.905. The van der Waals surface area contributed by atoms with Gasteiger partial charge in [0.05, 0.1) is 0 Å². The van der Waals surface area contributed by atoms with Crippen molar-refractivity contribution in [2.24, 2.45) is 5.73 Å². The fraction of sp³-hybridized carbons (Fsp3) is 0.350. The summed E-state index contributed by atoms with van der Waals surface area (Å²) in [6.07, 6.45) is 1.99. The van der Waals surface area contributed by atoms with E-state index in [-0.39, 0.29) is 23.0 Å². The lowest BCUT2D eigenvalue weighted by atomic mass is 9.68. The average Bonchev–Trinajstić information content (AvgIpc) is 2.62. The number of nitrogens with zero attached hydrogens (tertiary/aromatic N) is 1. The summed E-state index contributed by atoms with van der Waals surface area (Å²) in [6, 6.07) is 13.2. The van der Waals surface area contributed by atoms with Crippen molar-refractivity contribution in [1.29, 1.82) is 0 Å². The zero-order chi connectivity index (χ0) is 17.9. The van der Waals surface area contributed by atoms with Crippen LogP contribution in [0.1, 0.15) is 30.4 Å². The number of rotatable bonds is 5. The topological polar surface area (TPSA) is 46.3 Å². The van der Waals surface area contributed by atoms with Crippen LogP contribution in [0.25, 0.3) is 0 Å². The predicted molar refractivity (Wildman–Crippen MR) is 93.1 cm³/mol. The number of halogens is 2. The van der Waals surface area contributed by atoms with Crippen LogP contribution < -0.4 is 5.73 Å². The van der Waals surface area contributed by atoms with Gasteiger partial charge in [0.2, 0.25) is 5.91 Å². The second-order valence-corrected chi connectivity index (χ2v) is 6.65. The summed E-state index contributed by atoms with van der Waals surface area (Å²) in [7, 11) is 0. The lowest BCUT2D eigenvalue weighted by Crippen LogP contribution is -2.44. The van der Waals surface area contributed by atoms with Crippen LogP contribution in [-0.4, -0.2) is 30.4 Å². The Morgan fingerprint density at radius 1 is 0.920 bits per heavy atom. The van der Waals surface area contributed by atoms with Gasteiger partial charge >= 0.3 is 0 Å². The molecule has 1 aliphatic heterocycles. The molecule has 0 aromatic heterocycles. The third kappa shape index (κ3) is 3.87. The van der Waals surface area contributed by atoms with E-state index >= 15 is 0 Å². The number of nitrogens with two attached hydrogens (primary N) is 1. The molecule has 0 spiro atoms. The highest BCUT2D eigenvalue weighted by molar-refractivity contribution is 5.73. The minimum Gasteiger partial charge on any atom is -0.370 e. The highest BCUT2D eigenvalue weighted by Crippen LogP contribution is 2.41. The number of benzene rings is 2. The van der Waals surface area contributed by atoms with E-state index in [0.29, 0.717) is 13.0 Å². The van der Waals surface area contributed by atoms with E-state index in [1.165, 1.54) is 24.3 Å². The maximum absolute atomic E-state index is 13.4. The van der Waals surface area contributed by atoms with Gasteiger partial charge in [0.1, 0.15) is 11.6 Å². The summed E-state index contributed by atoms with van der Waals surface area (Å²) >= 11 is 0. The van der Waals surface area contributed by atoms with Gasteiger partial charge in [-0.15, -0.1) is 0 Å². The Morgan fingerprint density at radius 2 is 1.36 bits per heavy atom. The highest BCUT2D eigenvalue weighted by atomic mass is 19.1. The fourth-order valence-corrected chi connectivity index (χ4v) is 3.71. The number of amides is 1. The minimum absolute atomic E-state index is 0.267. The largest absolute Gasteiger partial charge is 0.370 e. The SMILES string of the molecule is NC(=O)CCN1CCC(c2ccc(F)cc2)(c2ccc(F)cc2)CC1. The van der Waals surface area contributed by atoms with E-state index in [0.717, 1.165) is 37.1 Å². The Balaban J connectivity index is 1.88. The van der Waals surface area contributed by atoms with Crippen molar-refractivity contribution in [3.8, 4) is 0 Å². The van der Waals surface area contributed by atoms with Crippen molar-refractivity contribution < 1.29 is 13.6 Å². The second kappa shape index (κ2) is 7.31. The first-order chi connectivity index (χ1) is 12.0. The Hall–Kier alpha value is -2.27. The molecule has 0 saturated carbocycles. The first-order valence-electron chi connectivity index (χ1n) is 8.52. The van der Waals surface area contributed by atoms with Crippen molar-refractivity contribution in [3.63, 3.8) is 0 Å². The van der Waals surface area contributed by atoms with E-state index in [1.54, 1.807) is 0 Å². The molecule has 1 saturated heterocycles. The van der Waals surface area contributed by atoms with Crippen molar-refractivity contribution in [3.05, 3.63) is 71.3 Å². The molecule has 0 atom stereocenters. The van der Waals surface area contributed by atoms with Crippen LogP contribution in [0.4, 0.5) is 8.78 Å². The molecule has 3 nitrogen and oxygen atoms in total. The monoisotopic (exact) mass is 344 g/mol. The molecule has 132 valence electrons. The first kappa shape index (κ1) is 17.5. The number of hydrogen-bond acceptors (Lipinski definition) is 2. The normalized spacial score (nSPS) is 17.4. The standard InChI is InChI=1S/C20H22F2N2O/c21-17-5-1-15(2-6-17)20(16-3-7-18(22)8-4-16)10-13-24(14-11-20)12-9-19(23)25/h1-8H,9-14H2,(H2,23,25). The third-order valence-corrected chi connectivity index (χ3v) is 5.18. The summed E-state index contributed by atoms with van der Waals surface area (Å²) in [6.45, 7) is 2.27. The van der Waals surface area contributed by atoms with Crippen molar-refractivity contribution >= 4 is 5.91 Å². The molecular formula is C20H22F2N2O. The number of piperidine rings is 1. The number of carbonyl (C=O) groups is 1. The van der Waals surface area contributed by atoms with Crippen LogP contribution in [0, 0.1) is 11.6 Å². The van der Waals surface area contributed by atoms with Crippen LogP contribution in [0.5, 0.6) is 0 Å². The summed E-state index contributed by atoms with van der Waals surface area (Å²) in [5, 5.41) is 0. The maximum Gasteiger partial charge on any atom is 0.218 e. The van der Waals surface area contributed by atoms with Gasteiger partial charge in [-0.2, -0.15) is 0 Å². The molecule has 0 radical (unpaired) electrons. The maximum atomic E-state index is 13.4. The molecule has 5 heteroatoms. The molecule has 1 fully saturated rings. The van der Waals surface area contributed by atoms with Crippen LogP contribution >= 0.6 is 0 Å². The lowest BCUT2D eigenvalue weighted by Gasteiger charge is -2.43. The summed E-state index contributed by atoms with van der Waals surface area (Å²) in [4.78, 5) is 13.2. The summed E-state index contributed by atoms with van der Waals surface area (Å²) in [5.74, 6) is -0.831. The number of likely N-dealkylation sites (tertiary alicyclic amines) is 1. The Kier molecular flexibility index (Phi) is 5.13. The van der Waals surface area contributed by atoms with E-state index in [1.807, 2.05) is 24.3 Å².